The van der Waals surface area contributed by atoms with Crippen LogP contribution in [0.2, 0.25) is 0 Å². The van der Waals surface area contributed by atoms with Gasteiger partial charge >= 0.3 is 5.97 Å². The van der Waals surface area contributed by atoms with Gasteiger partial charge in [0.05, 0.1) is 6.61 Å². The molecule has 1 atom stereocenters. The average molecular weight is 369 g/mol. The standard InChI is InChI=1S/C23H44O3/c1-4-6-7-8-9-10-11-12-13-14-15-16-17-18-23(25)19-22(5-2)20-26-21(3)24/h22H,4-20H2,1-3H3. The van der Waals surface area contributed by atoms with E-state index in [4.69, 9.17) is 4.74 Å². The van der Waals surface area contributed by atoms with E-state index in [1.807, 2.05) is 6.92 Å². The zero-order chi connectivity index (χ0) is 19.5. The Morgan fingerprint density at radius 1 is 0.731 bits per heavy atom. The van der Waals surface area contributed by atoms with Gasteiger partial charge in [-0.3, -0.25) is 9.59 Å². The summed E-state index contributed by atoms with van der Waals surface area (Å²) in [6.07, 6.45) is 19.4. The highest BCUT2D eigenvalue weighted by molar-refractivity contribution is 5.78. The molecule has 3 nitrogen and oxygen atoms in total. The Kier molecular flexibility index (Phi) is 18.3. The van der Waals surface area contributed by atoms with Gasteiger partial charge in [-0.15, -0.1) is 0 Å². The highest BCUT2D eigenvalue weighted by Crippen LogP contribution is 2.15. The van der Waals surface area contributed by atoms with Crippen molar-refractivity contribution in [2.75, 3.05) is 6.61 Å². The Morgan fingerprint density at radius 2 is 1.19 bits per heavy atom. The van der Waals surface area contributed by atoms with Crippen LogP contribution in [0.4, 0.5) is 0 Å². The fourth-order valence-corrected chi connectivity index (χ4v) is 3.32. The molecule has 0 saturated heterocycles. The van der Waals surface area contributed by atoms with Gasteiger partial charge in [0.1, 0.15) is 5.78 Å². The van der Waals surface area contributed by atoms with Crippen LogP contribution in [0, 0.1) is 5.92 Å². The van der Waals surface area contributed by atoms with Gasteiger partial charge < -0.3 is 4.74 Å². The molecule has 0 aliphatic carbocycles. The second-order valence-corrected chi connectivity index (χ2v) is 7.81. The molecule has 154 valence electrons. The number of carbonyl (C=O) groups is 2. The topological polar surface area (TPSA) is 43.4 Å². The number of hydrogen-bond donors (Lipinski definition) is 0. The van der Waals surface area contributed by atoms with E-state index in [-0.39, 0.29) is 11.9 Å². The number of ether oxygens (including phenoxy) is 1. The van der Waals surface area contributed by atoms with Gasteiger partial charge in [-0.2, -0.15) is 0 Å². The summed E-state index contributed by atoms with van der Waals surface area (Å²) in [5.41, 5.74) is 0. The predicted molar refractivity (Wildman–Crippen MR) is 110 cm³/mol. The van der Waals surface area contributed by atoms with E-state index < -0.39 is 0 Å². The van der Waals surface area contributed by atoms with Crippen LogP contribution in [0.1, 0.15) is 124 Å². The van der Waals surface area contributed by atoms with E-state index in [1.54, 1.807) is 0 Å². The van der Waals surface area contributed by atoms with Gasteiger partial charge in [-0.05, 0) is 18.8 Å². The molecule has 0 aliphatic heterocycles. The summed E-state index contributed by atoms with van der Waals surface area (Å²) in [6, 6.07) is 0. The second-order valence-electron chi connectivity index (χ2n) is 7.81. The maximum Gasteiger partial charge on any atom is 0.302 e. The number of hydrogen-bond acceptors (Lipinski definition) is 3. The predicted octanol–water partition coefficient (Wildman–Crippen LogP) is 7.02. The average Bonchev–Trinajstić information content (AvgIpc) is 2.62. The molecule has 3 heteroatoms. The zero-order valence-corrected chi connectivity index (χ0v) is 17.8. The van der Waals surface area contributed by atoms with E-state index in [1.165, 1.54) is 84.0 Å². The van der Waals surface area contributed by atoms with Gasteiger partial charge in [-0.1, -0.05) is 90.9 Å². The lowest BCUT2D eigenvalue weighted by molar-refractivity contribution is -0.143. The first-order valence-corrected chi connectivity index (χ1v) is 11.2. The van der Waals surface area contributed by atoms with E-state index >= 15 is 0 Å². The normalized spacial score (nSPS) is 12.1. The highest BCUT2D eigenvalue weighted by atomic mass is 16.5. The van der Waals surface area contributed by atoms with Gasteiger partial charge in [0, 0.05) is 19.8 Å². The van der Waals surface area contributed by atoms with Crippen molar-refractivity contribution in [2.24, 2.45) is 5.92 Å². The molecule has 0 aliphatic rings. The first-order valence-electron chi connectivity index (χ1n) is 11.2. The molecule has 0 bridgehead atoms. The monoisotopic (exact) mass is 368 g/mol. The molecule has 0 saturated carbocycles. The van der Waals surface area contributed by atoms with Crippen LogP contribution < -0.4 is 0 Å². The third-order valence-electron chi connectivity index (χ3n) is 5.18. The number of unbranched alkanes of at least 4 members (excludes halogenated alkanes) is 12. The quantitative estimate of drug-likeness (QED) is 0.182. The van der Waals surface area contributed by atoms with Crippen molar-refractivity contribution < 1.29 is 14.3 Å². The minimum absolute atomic E-state index is 0.188. The lowest BCUT2D eigenvalue weighted by Gasteiger charge is -2.13. The number of ketones is 1. The maximum absolute atomic E-state index is 12.0. The Balaban J connectivity index is 3.38. The molecule has 0 heterocycles. The van der Waals surface area contributed by atoms with Crippen LogP contribution in [-0.2, 0) is 14.3 Å². The van der Waals surface area contributed by atoms with Crippen molar-refractivity contribution in [2.45, 2.75) is 124 Å². The Hall–Kier alpha value is -0.860. The first-order chi connectivity index (χ1) is 12.6. The van der Waals surface area contributed by atoms with Crippen LogP contribution in [0.25, 0.3) is 0 Å². The number of esters is 1. The van der Waals surface area contributed by atoms with Crippen molar-refractivity contribution in [3.05, 3.63) is 0 Å². The fraction of sp³-hybridized carbons (Fsp3) is 0.913. The minimum Gasteiger partial charge on any atom is -0.466 e. The molecule has 1 unspecified atom stereocenters. The van der Waals surface area contributed by atoms with Crippen molar-refractivity contribution in [3.63, 3.8) is 0 Å². The third kappa shape index (κ3) is 17.9. The minimum atomic E-state index is -0.257. The number of rotatable bonds is 19. The van der Waals surface area contributed by atoms with Crippen LogP contribution in [0.5, 0.6) is 0 Å². The van der Waals surface area contributed by atoms with Gasteiger partial charge in [0.15, 0.2) is 0 Å². The molecule has 0 spiro atoms. The third-order valence-corrected chi connectivity index (χ3v) is 5.18. The summed E-state index contributed by atoms with van der Waals surface area (Å²) in [4.78, 5) is 22.9. The van der Waals surface area contributed by atoms with E-state index in [0.29, 0.717) is 25.2 Å². The van der Waals surface area contributed by atoms with Crippen LogP contribution >= 0.6 is 0 Å². The van der Waals surface area contributed by atoms with Gasteiger partial charge in [0.2, 0.25) is 0 Å². The van der Waals surface area contributed by atoms with Crippen molar-refractivity contribution >= 4 is 11.8 Å². The van der Waals surface area contributed by atoms with Crippen molar-refractivity contribution in [1.82, 2.24) is 0 Å². The molecule has 0 N–H and O–H groups in total. The molecule has 0 aromatic heterocycles. The van der Waals surface area contributed by atoms with E-state index in [0.717, 1.165) is 12.8 Å². The van der Waals surface area contributed by atoms with E-state index in [9.17, 15) is 9.59 Å². The summed E-state index contributed by atoms with van der Waals surface area (Å²) < 4.78 is 5.03. The highest BCUT2D eigenvalue weighted by Gasteiger charge is 2.13. The van der Waals surface area contributed by atoms with Crippen LogP contribution in [0.15, 0.2) is 0 Å². The SMILES string of the molecule is CCCCCCCCCCCCCCCC(=O)CC(CC)COC(C)=O. The maximum atomic E-state index is 12.0. The van der Waals surface area contributed by atoms with Crippen molar-refractivity contribution in [1.29, 1.82) is 0 Å². The molecular formula is C23H44O3. The molecule has 0 aromatic carbocycles. The molecule has 0 rings (SSSR count). The Labute approximate surface area is 162 Å². The zero-order valence-electron chi connectivity index (χ0n) is 17.8. The summed E-state index contributed by atoms with van der Waals surface area (Å²) in [7, 11) is 0. The Morgan fingerprint density at radius 3 is 1.62 bits per heavy atom. The molecule has 0 amide bonds. The largest absolute Gasteiger partial charge is 0.466 e. The van der Waals surface area contributed by atoms with Gasteiger partial charge in [-0.25, -0.2) is 0 Å². The smallest absolute Gasteiger partial charge is 0.302 e. The first kappa shape index (κ1) is 25.1. The summed E-state index contributed by atoms with van der Waals surface area (Å²) in [5, 5.41) is 0. The molecular weight excluding hydrogens is 324 g/mol. The second kappa shape index (κ2) is 18.9. The van der Waals surface area contributed by atoms with Gasteiger partial charge in [0.25, 0.3) is 0 Å². The van der Waals surface area contributed by atoms with Crippen LogP contribution in [-0.4, -0.2) is 18.4 Å². The summed E-state index contributed by atoms with van der Waals surface area (Å²) >= 11 is 0. The molecule has 0 fully saturated rings. The molecule has 26 heavy (non-hydrogen) atoms. The lowest BCUT2D eigenvalue weighted by Crippen LogP contribution is -2.15. The van der Waals surface area contributed by atoms with Crippen LogP contribution in [0.3, 0.4) is 0 Å². The van der Waals surface area contributed by atoms with Crippen molar-refractivity contribution in [3.8, 4) is 0 Å². The number of carbonyl (C=O) groups excluding carboxylic acids is 2. The summed E-state index contributed by atoms with van der Waals surface area (Å²) in [6.45, 7) is 6.12. The fourth-order valence-electron chi connectivity index (χ4n) is 3.32. The lowest BCUT2D eigenvalue weighted by atomic mass is 9.97. The molecule has 0 radical (unpaired) electrons. The summed E-state index contributed by atoms with van der Waals surface area (Å²) in [5.74, 6) is 0.257. The number of Topliss-reactive ketones (excluding diaryl/α,β-unsaturated/α-hetero) is 1. The Bertz CT molecular complexity index is 338. The molecule has 0 aromatic rings. The van der Waals surface area contributed by atoms with E-state index in [2.05, 4.69) is 6.92 Å².